The van der Waals surface area contributed by atoms with E-state index in [0.717, 1.165) is 40.7 Å². The minimum absolute atomic E-state index is 0.189. The van der Waals surface area contributed by atoms with Gasteiger partial charge in [0.25, 0.3) is 5.91 Å². The van der Waals surface area contributed by atoms with Crippen LogP contribution in [0.15, 0.2) is 23.7 Å². The second-order valence-corrected chi connectivity index (χ2v) is 7.25. The maximum Gasteiger partial charge on any atom is 0.255 e. The van der Waals surface area contributed by atoms with Crippen LogP contribution in [0.4, 0.5) is 0 Å². The van der Waals surface area contributed by atoms with Crippen LogP contribution < -0.4 is 0 Å². The van der Waals surface area contributed by atoms with Crippen molar-refractivity contribution in [3.8, 4) is 0 Å². The van der Waals surface area contributed by atoms with Gasteiger partial charge in [0.1, 0.15) is 0 Å². The summed E-state index contributed by atoms with van der Waals surface area (Å²) in [6, 6.07) is 3.84. The number of fused-ring (bicyclic) bond motifs is 2. The zero-order valence-electron chi connectivity index (χ0n) is 10.4. The fourth-order valence-corrected chi connectivity index (χ4v) is 5.42. The molecule has 2 aliphatic rings. The number of likely N-dealkylation sites (tertiary alicyclic amines) is 1. The third-order valence-electron chi connectivity index (χ3n) is 4.10. The molecule has 2 saturated heterocycles. The van der Waals surface area contributed by atoms with Gasteiger partial charge in [-0.15, -0.1) is 11.3 Å². The standard InChI is InChI=1S/C14H14N2OS2/c17-14(16-5-9-7-18-8-10(9)6-16)11-1-3-15-12-2-4-19-13(11)12/h1-4,9-10H,5-8H2/t9-,10+. The van der Waals surface area contributed by atoms with Crippen LogP contribution in [0.25, 0.3) is 10.2 Å². The Morgan fingerprint density at radius 2 is 2.05 bits per heavy atom. The highest BCUT2D eigenvalue weighted by Crippen LogP contribution is 2.37. The first-order valence-corrected chi connectivity index (χ1v) is 8.55. The number of hydrogen-bond acceptors (Lipinski definition) is 4. The predicted octanol–water partition coefficient (Wildman–Crippen LogP) is 2.73. The molecule has 0 aromatic carbocycles. The van der Waals surface area contributed by atoms with E-state index in [-0.39, 0.29) is 5.91 Å². The van der Waals surface area contributed by atoms with Gasteiger partial charge in [-0.2, -0.15) is 11.8 Å². The minimum atomic E-state index is 0.189. The summed E-state index contributed by atoms with van der Waals surface area (Å²) >= 11 is 3.64. The highest BCUT2D eigenvalue weighted by Gasteiger charge is 2.39. The van der Waals surface area contributed by atoms with Crippen LogP contribution in [0.5, 0.6) is 0 Å². The number of thiophene rings is 1. The smallest absolute Gasteiger partial charge is 0.255 e. The van der Waals surface area contributed by atoms with Gasteiger partial charge in [0.05, 0.1) is 15.8 Å². The Balaban J connectivity index is 1.65. The Morgan fingerprint density at radius 1 is 1.26 bits per heavy atom. The molecule has 2 aromatic rings. The molecule has 19 heavy (non-hydrogen) atoms. The number of rotatable bonds is 1. The molecule has 5 heteroatoms. The topological polar surface area (TPSA) is 33.2 Å². The lowest BCUT2D eigenvalue weighted by Crippen LogP contribution is -2.29. The second-order valence-electron chi connectivity index (χ2n) is 5.26. The lowest BCUT2D eigenvalue weighted by Gasteiger charge is -2.17. The van der Waals surface area contributed by atoms with E-state index in [4.69, 9.17) is 0 Å². The number of carbonyl (C=O) groups excluding carboxylic acids is 1. The first-order valence-electron chi connectivity index (χ1n) is 6.52. The first kappa shape index (κ1) is 11.7. The number of thioether (sulfide) groups is 1. The Hall–Kier alpha value is -1.07. The third-order valence-corrected chi connectivity index (χ3v) is 6.37. The summed E-state index contributed by atoms with van der Waals surface area (Å²) in [5.74, 6) is 4.07. The zero-order chi connectivity index (χ0) is 12.8. The van der Waals surface area contributed by atoms with Gasteiger partial charge in [-0.3, -0.25) is 9.78 Å². The van der Waals surface area contributed by atoms with E-state index in [1.54, 1.807) is 17.5 Å². The molecule has 4 rings (SSSR count). The molecule has 2 fully saturated rings. The van der Waals surface area contributed by atoms with Gasteiger partial charge in [-0.05, 0) is 40.9 Å². The molecule has 0 unspecified atom stereocenters. The van der Waals surface area contributed by atoms with Crippen molar-refractivity contribution < 1.29 is 4.79 Å². The third kappa shape index (κ3) is 1.87. The Bertz CT molecular complexity index is 627. The highest BCUT2D eigenvalue weighted by molar-refractivity contribution is 7.99. The monoisotopic (exact) mass is 290 g/mol. The second kappa shape index (κ2) is 4.49. The molecule has 2 aliphatic heterocycles. The average molecular weight is 290 g/mol. The Morgan fingerprint density at radius 3 is 2.84 bits per heavy atom. The summed E-state index contributed by atoms with van der Waals surface area (Å²) in [5, 5.41) is 2.00. The average Bonchev–Trinajstić information content (AvgIpc) is 3.11. The van der Waals surface area contributed by atoms with Crippen LogP contribution in [0.2, 0.25) is 0 Å². The minimum Gasteiger partial charge on any atom is -0.338 e. The molecule has 1 amide bonds. The van der Waals surface area contributed by atoms with Crippen LogP contribution in [-0.4, -0.2) is 40.4 Å². The van der Waals surface area contributed by atoms with E-state index in [1.165, 1.54) is 11.5 Å². The van der Waals surface area contributed by atoms with Crippen LogP contribution in [0.1, 0.15) is 10.4 Å². The van der Waals surface area contributed by atoms with Crippen molar-refractivity contribution in [2.75, 3.05) is 24.6 Å². The maximum absolute atomic E-state index is 12.7. The molecular weight excluding hydrogens is 276 g/mol. The number of amides is 1. The molecule has 0 bridgehead atoms. The van der Waals surface area contributed by atoms with E-state index in [1.807, 2.05) is 34.2 Å². The fourth-order valence-electron chi connectivity index (χ4n) is 3.07. The number of pyridine rings is 1. The molecule has 3 nitrogen and oxygen atoms in total. The van der Waals surface area contributed by atoms with E-state index in [2.05, 4.69) is 4.98 Å². The van der Waals surface area contributed by atoms with Crippen LogP contribution in [0.3, 0.4) is 0 Å². The molecule has 0 radical (unpaired) electrons. The summed E-state index contributed by atoms with van der Waals surface area (Å²) in [6.45, 7) is 1.87. The Labute approximate surface area is 120 Å². The van der Waals surface area contributed by atoms with Crippen molar-refractivity contribution in [3.63, 3.8) is 0 Å². The lowest BCUT2D eigenvalue weighted by atomic mass is 10.0. The molecular formula is C14H14N2OS2. The van der Waals surface area contributed by atoms with Crippen molar-refractivity contribution in [1.82, 2.24) is 9.88 Å². The number of nitrogens with zero attached hydrogens (tertiary/aromatic N) is 2. The van der Waals surface area contributed by atoms with E-state index < -0.39 is 0 Å². The largest absolute Gasteiger partial charge is 0.338 e. The zero-order valence-corrected chi connectivity index (χ0v) is 12.0. The summed E-state index contributed by atoms with van der Waals surface area (Å²) < 4.78 is 1.03. The van der Waals surface area contributed by atoms with Gasteiger partial charge in [-0.25, -0.2) is 0 Å². The van der Waals surface area contributed by atoms with Crippen LogP contribution in [-0.2, 0) is 0 Å². The van der Waals surface area contributed by atoms with Crippen molar-refractivity contribution in [2.24, 2.45) is 11.8 Å². The van der Waals surface area contributed by atoms with Gasteiger partial charge in [0.2, 0.25) is 0 Å². The molecule has 4 heterocycles. The van der Waals surface area contributed by atoms with Gasteiger partial charge in [-0.1, -0.05) is 0 Å². The van der Waals surface area contributed by atoms with Crippen LogP contribution >= 0.6 is 23.1 Å². The SMILES string of the molecule is O=C(c1ccnc2ccsc12)N1C[C@H]2CSC[C@H]2C1. The molecule has 98 valence electrons. The number of hydrogen-bond donors (Lipinski definition) is 0. The quantitative estimate of drug-likeness (QED) is 0.809. The predicted molar refractivity (Wildman–Crippen MR) is 79.8 cm³/mol. The van der Waals surface area contributed by atoms with E-state index >= 15 is 0 Å². The summed E-state index contributed by atoms with van der Waals surface area (Å²) in [4.78, 5) is 19.0. The van der Waals surface area contributed by atoms with Gasteiger partial charge in [0.15, 0.2) is 0 Å². The van der Waals surface area contributed by atoms with E-state index in [9.17, 15) is 4.79 Å². The molecule has 2 atom stereocenters. The fraction of sp³-hybridized carbons (Fsp3) is 0.429. The van der Waals surface area contributed by atoms with Crippen molar-refractivity contribution >= 4 is 39.2 Å². The molecule has 0 N–H and O–H groups in total. The maximum atomic E-state index is 12.7. The number of aromatic nitrogens is 1. The van der Waals surface area contributed by atoms with Gasteiger partial charge < -0.3 is 4.90 Å². The summed E-state index contributed by atoms with van der Waals surface area (Å²) in [6.07, 6.45) is 1.75. The normalized spacial score (nSPS) is 26.0. The Kier molecular flexibility index (Phi) is 2.77. The van der Waals surface area contributed by atoms with Crippen molar-refractivity contribution in [3.05, 3.63) is 29.3 Å². The highest BCUT2D eigenvalue weighted by atomic mass is 32.2. The van der Waals surface area contributed by atoms with Gasteiger partial charge >= 0.3 is 0 Å². The summed E-state index contributed by atoms with van der Waals surface area (Å²) in [7, 11) is 0. The molecule has 0 aliphatic carbocycles. The molecule has 2 aromatic heterocycles. The van der Waals surface area contributed by atoms with Crippen molar-refractivity contribution in [2.45, 2.75) is 0 Å². The van der Waals surface area contributed by atoms with Crippen LogP contribution in [0, 0.1) is 11.8 Å². The van der Waals surface area contributed by atoms with E-state index in [0.29, 0.717) is 0 Å². The molecule has 0 saturated carbocycles. The molecule has 0 spiro atoms. The lowest BCUT2D eigenvalue weighted by molar-refractivity contribution is 0.0787. The first-order chi connectivity index (χ1) is 9.33. The number of carbonyl (C=O) groups is 1. The summed E-state index contributed by atoms with van der Waals surface area (Å²) in [5.41, 5.74) is 1.76. The van der Waals surface area contributed by atoms with Gasteiger partial charge in [0, 0.05) is 19.3 Å². The van der Waals surface area contributed by atoms with Crippen molar-refractivity contribution in [1.29, 1.82) is 0 Å².